The van der Waals surface area contributed by atoms with E-state index in [1.165, 1.54) is 6.42 Å². The van der Waals surface area contributed by atoms with Gasteiger partial charge in [0.25, 0.3) is 0 Å². The van der Waals surface area contributed by atoms with Gasteiger partial charge in [-0.3, -0.25) is 4.79 Å². The molecule has 1 aliphatic rings. The maximum absolute atomic E-state index is 11.7. The van der Waals surface area contributed by atoms with Gasteiger partial charge in [0.2, 0.25) is 5.91 Å². The fourth-order valence-electron chi connectivity index (χ4n) is 2.06. The molecule has 100 valence electrons. The second-order valence-corrected chi connectivity index (χ2v) is 5.32. The Balaban J connectivity index is 0.00000162. The minimum absolute atomic E-state index is 0. The van der Waals surface area contributed by atoms with Crippen LogP contribution < -0.4 is 10.6 Å². The monoisotopic (exact) mass is 332 g/mol. The van der Waals surface area contributed by atoms with Crippen LogP contribution in [0.2, 0.25) is 0 Å². The van der Waals surface area contributed by atoms with E-state index in [1.807, 2.05) is 24.3 Å². The highest BCUT2D eigenvalue weighted by Crippen LogP contribution is 2.12. The summed E-state index contributed by atoms with van der Waals surface area (Å²) in [6.07, 6.45) is 2.83. The van der Waals surface area contributed by atoms with Gasteiger partial charge in [0, 0.05) is 17.1 Å². The van der Waals surface area contributed by atoms with E-state index in [2.05, 4.69) is 26.6 Å². The molecule has 0 spiro atoms. The number of carbonyl (C=O) groups excluding carboxylic acids is 1. The van der Waals surface area contributed by atoms with E-state index in [4.69, 9.17) is 0 Å². The van der Waals surface area contributed by atoms with Crippen LogP contribution in [0.25, 0.3) is 0 Å². The van der Waals surface area contributed by atoms with Crippen LogP contribution in [0.15, 0.2) is 28.7 Å². The fourth-order valence-corrected chi connectivity index (χ4v) is 2.51. The molecule has 0 bridgehead atoms. The van der Waals surface area contributed by atoms with Crippen LogP contribution in [0.5, 0.6) is 0 Å². The van der Waals surface area contributed by atoms with Crippen LogP contribution in [0.1, 0.15) is 18.4 Å². The topological polar surface area (TPSA) is 41.1 Å². The van der Waals surface area contributed by atoms with Gasteiger partial charge in [-0.15, -0.1) is 12.4 Å². The summed E-state index contributed by atoms with van der Waals surface area (Å²) in [5.41, 5.74) is 1.04. The molecular weight excluding hydrogens is 316 g/mol. The first-order valence-electron chi connectivity index (χ1n) is 5.98. The summed E-state index contributed by atoms with van der Waals surface area (Å²) in [6.45, 7) is 1.82. The van der Waals surface area contributed by atoms with Crippen LogP contribution in [0, 0.1) is 0 Å². The zero-order valence-electron chi connectivity index (χ0n) is 10.1. The Labute approximate surface area is 122 Å². The Bertz CT molecular complexity index is 394. The zero-order chi connectivity index (χ0) is 12.1. The van der Waals surface area contributed by atoms with Crippen molar-refractivity contribution in [2.45, 2.75) is 25.3 Å². The molecule has 0 radical (unpaired) electrons. The van der Waals surface area contributed by atoms with Crippen LogP contribution in [-0.2, 0) is 11.2 Å². The van der Waals surface area contributed by atoms with Gasteiger partial charge in [-0.25, -0.2) is 0 Å². The number of nitrogens with one attached hydrogen (secondary N) is 2. The normalized spacial score (nSPS) is 18.2. The van der Waals surface area contributed by atoms with Crippen LogP contribution in [0.3, 0.4) is 0 Å². The Morgan fingerprint density at radius 2 is 2.33 bits per heavy atom. The number of hydrogen-bond acceptors (Lipinski definition) is 2. The van der Waals surface area contributed by atoms with Gasteiger partial charge in [-0.1, -0.05) is 28.1 Å². The molecule has 5 heteroatoms. The molecule has 1 fully saturated rings. The highest BCUT2D eigenvalue weighted by molar-refractivity contribution is 9.10. The molecular formula is C13H18BrClN2O. The van der Waals surface area contributed by atoms with E-state index >= 15 is 0 Å². The lowest BCUT2D eigenvalue weighted by Gasteiger charge is -2.11. The van der Waals surface area contributed by atoms with E-state index in [1.54, 1.807) is 0 Å². The number of amides is 1. The lowest BCUT2D eigenvalue weighted by molar-refractivity contribution is -0.120. The van der Waals surface area contributed by atoms with E-state index in [-0.39, 0.29) is 18.3 Å². The van der Waals surface area contributed by atoms with E-state index in [0.717, 1.165) is 29.5 Å². The predicted molar refractivity (Wildman–Crippen MR) is 79.1 cm³/mol. The smallest absolute Gasteiger partial charge is 0.224 e. The van der Waals surface area contributed by atoms with E-state index in [0.29, 0.717) is 12.5 Å². The van der Waals surface area contributed by atoms with Gasteiger partial charge in [-0.05, 0) is 37.1 Å². The Morgan fingerprint density at radius 3 is 3.00 bits per heavy atom. The van der Waals surface area contributed by atoms with Crippen LogP contribution in [0.4, 0.5) is 0 Å². The average Bonchev–Trinajstić information content (AvgIpc) is 2.79. The molecule has 1 saturated heterocycles. The Morgan fingerprint density at radius 1 is 1.50 bits per heavy atom. The Kier molecular flexibility index (Phi) is 6.68. The quantitative estimate of drug-likeness (QED) is 0.887. The lowest BCUT2D eigenvalue weighted by atomic mass is 10.1. The first kappa shape index (κ1) is 15.5. The first-order valence-corrected chi connectivity index (χ1v) is 6.78. The van der Waals surface area contributed by atoms with Crippen molar-refractivity contribution in [3.63, 3.8) is 0 Å². The number of halogens is 2. The van der Waals surface area contributed by atoms with Crippen LogP contribution >= 0.6 is 28.3 Å². The molecule has 2 rings (SSSR count). The number of carbonyl (C=O) groups is 1. The predicted octanol–water partition coefficient (Wildman–Crippen LogP) is 2.28. The maximum atomic E-state index is 11.7. The van der Waals surface area contributed by atoms with Gasteiger partial charge < -0.3 is 10.6 Å². The summed E-state index contributed by atoms with van der Waals surface area (Å²) in [4.78, 5) is 11.7. The standard InChI is InChI=1S/C13H17BrN2O.ClH/c14-11-4-1-3-10(7-11)8-13(17)16-9-12-5-2-6-15-12;/h1,3-4,7,12,15H,2,5-6,8-9H2,(H,16,17);1H. The van der Waals surface area contributed by atoms with E-state index in [9.17, 15) is 4.79 Å². The third kappa shape index (κ3) is 4.96. The molecule has 1 aliphatic heterocycles. The van der Waals surface area contributed by atoms with Crippen molar-refractivity contribution in [3.8, 4) is 0 Å². The summed E-state index contributed by atoms with van der Waals surface area (Å²) >= 11 is 3.40. The fraction of sp³-hybridized carbons (Fsp3) is 0.462. The summed E-state index contributed by atoms with van der Waals surface area (Å²) in [5, 5.41) is 6.34. The molecule has 3 nitrogen and oxygen atoms in total. The van der Waals surface area contributed by atoms with Crippen molar-refractivity contribution >= 4 is 34.2 Å². The minimum Gasteiger partial charge on any atom is -0.354 e. The molecule has 18 heavy (non-hydrogen) atoms. The highest BCUT2D eigenvalue weighted by atomic mass is 79.9. The maximum Gasteiger partial charge on any atom is 0.224 e. The van der Waals surface area contributed by atoms with Crippen molar-refractivity contribution in [2.75, 3.05) is 13.1 Å². The third-order valence-corrected chi connectivity index (χ3v) is 3.45. The zero-order valence-corrected chi connectivity index (χ0v) is 12.5. The van der Waals surface area contributed by atoms with Gasteiger partial charge in [0.15, 0.2) is 0 Å². The van der Waals surface area contributed by atoms with Crippen molar-refractivity contribution in [3.05, 3.63) is 34.3 Å². The number of hydrogen-bond donors (Lipinski definition) is 2. The molecule has 1 heterocycles. The molecule has 1 aromatic rings. The average molecular weight is 334 g/mol. The highest BCUT2D eigenvalue weighted by Gasteiger charge is 2.14. The number of benzene rings is 1. The SMILES string of the molecule is Cl.O=C(Cc1cccc(Br)c1)NCC1CCCN1. The summed E-state index contributed by atoms with van der Waals surface area (Å²) in [7, 11) is 0. The molecule has 0 saturated carbocycles. The minimum atomic E-state index is 0. The molecule has 2 N–H and O–H groups in total. The first-order chi connectivity index (χ1) is 8.24. The van der Waals surface area contributed by atoms with Gasteiger partial charge in [0.1, 0.15) is 0 Å². The van der Waals surface area contributed by atoms with E-state index < -0.39 is 0 Å². The molecule has 1 aromatic carbocycles. The molecule has 0 aromatic heterocycles. The second kappa shape index (κ2) is 7.77. The van der Waals surface area contributed by atoms with Gasteiger partial charge in [-0.2, -0.15) is 0 Å². The van der Waals surface area contributed by atoms with Gasteiger partial charge >= 0.3 is 0 Å². The van der Waals surface area contributed by atoms with Crippen LogP contribution in [-0.4, -0.2) is 25.0 Å². The molecule has 1 amide bonds. The van der Waals surface area contributed by atoms with Crippen molar-refractivity contribution < 1.29 is 4.79 Å². The third-order valence-electron chi connectivity index (χ3n) is 2.96. The summed E-state index contributed by atoms with van der Waals surface area (Å²) in [6, 6.07) is 8.32. The molecule has 0 aliphatic carbocycles. The van der Waals surface area contributed by atoms with Crippen molar-refractivity contribution in [1.29, 1.82) is 0 Å². The second-order valence-electron chi connectivity index (χ2n) is 4.40. The largest absolute Gasteiger partial charge is 0.354 e. The summed E-state index contributed by atoms with van der Waals surface area (Å²) in [5.74, 6) is 0.0943. The number of rotatable bonds is 4. The van der Waals surface area contributed by atoms with Gasteiger partial charge in [0.05, 0.1) is 6.42 Å². The van der Waals surface area contributed by atoms with Crippen molar-refractivity contribution in [1.82, 2.24) is 10.6 Å². The summed E-state index contributed by atoms with van der Waals surface area (Å²) < 4.78 is 1.01. The molecule has 1 unspecified atom stereocenters. The lowest BCUT2D eigenvalue weighted by Crippen LogP contribution is -2.37. The molecule has 1 atom stereocenters. The van der Waals surface area contributed by atoms with Crippen molar-refractivity contribution in [2.24, 2.45) is 0 Å². The Hall–Kier alpha value is -0.580.